The summed E-state index contributed by atoms with van der Waals surface area (Å²) in [6.07, 6.45) is 0. The quantitative estimate of drug-likeness (QED) is 0.656. The molecule has 0 radical (unpaired) electrons. The first-order valence-electron chi connectivity index (χ1n) is 6.51. The molecule has 0 unspecified atom stereocenters. The molecular weight excluding hydrogens is 286 g/mol. The zero-order valence-corrected chi connectivity index (χ0v) is 11.9. The van der Waals surface area contributed by atoms with Crippen molar-refractivity contribution in [1.82, 2.24) is 5.32 Å². The average Bonchev–Trinajstić information content (AvgIpc) is 2.53. The maximum Gasteiger partial charge on any atom is 0.319 e. The third-order valence-electron chi connectivity index (χ3n) is 2.94. The zero-order chi connectivity index (χ0) is 15.9. The Morgan fingerprint density at radius 3 is 2.59 bits per heavy atom. The number of benzene rings is 2. The van der Waals surface area contributed by atoms with Crippen LogP contribution >= 0.6 is 0 Å². The number of nitro groups is 1. The number of methoxy groups -OCH3 is 1. The third-order valence-corrected chi connectivity index (χ3v) is 2.94. The van der Waals surface area contributed by atoms with Crippen molar-refractivity contribution in [3.8, 4) is 5.75 Å². The summed E-state index contributed by atoms with van der Waals surface area (Å²) in [6, 6.07) is 12.9. The fraction of sp³-hybridized carbons (Fsp3) is 0.133. The number of carbonyl (C=O) groups is 1. The highest BCUT2D eigenvalue weighted by Gasteiger charge is 2.13. The molecule has 0 fully saturated rings. The molecule has 0 aliphatic heterocycles. The Balaban J connectivity index is 2.04. The highest BCUT2D eigenvalue weighted by atomic mass is 16.6. The van der Waals surface area contributed by atoms with E-state index in [1.165, 1.54) is 25.3 Å². The summed E-state index contributed by atoms with van der Waals surface area (Å²) < 4.78 is 5.08. The predicted octanol–water partition coefficient (Wildman–Crippen LogP) is 2.93. The van der Waals surface area contributed by atoms with Crippen LogP contribution in [0.3, 0.4) is 0 Å². The normalized spacial score (nSPS) is 9.86. The molecule has 7 nitrogen and oxygen atoms in total. The Kier molecular flexibility index (Phi) is 4.92. The summed E-state index contributed by atoms with van der Waals surface area (Å²) in [7, 11) is 1.42. The molecule has 0 saturated heterocycles. The SMILES string of the molecule is COc1ccc([N+](=O)[O-])cc1NC(=O)NCc1ccccc1. The number of carbonyl (C=O) groups excluding carboxylic acids is 1. The van der Waals surface area contributed by atoms with Crippen LogP contribution in [0.15, 0.2) is 48.5 Å². The van der Waals surface area contributed by atoms with Crippen LogP contribution in [0.4, 0.5) is 16.2 Å². The number of hydrogen-bond acceptors (Lipinski definition) is 4. The van der Waals surface area contributed by atoms with Gasteiger partial charge in [-0.25, -0.2) is 4.79 Å². The Labute approximate surface area is 127 Å². The molecule has 2 N–H and O–H groups in total. The van der Waals surface area contributed by atoms with Gasteiger partial charge in [0.1, 0.15) is 5.75 Å². The lowest BCUT2D eigenvalue weighted by Crippen LogP contribution is -2.28. The van der Waals surface area contributed by atoms with Gasteiger partial charge in [0.2, 0.25) is 0 Å². The van der Waals surface area contributed by atoms with E-state index < -0.39 is 11.0 Å². The number of anilines is 1. The van der Waals surface area contributed by atoms with Gasteiger partial charge in [0, 0.05) is 18.7 Å². The van der Waals surface area contributed by atoms with E-state index in [9.17, 15) is 14.9 Å². The van der Waals surface area contributed by atoms with Gasteiger partial charge >= 0.3 is 6.03 Å². The number of hydrogen-bond donors (Lipinski definition) is 2. The Morgan fingerprint density at radius 1 is 1.23 bits per heavy atom. The molecule has 2 rings (SSSR count). The number of nitrogens with one attached hydrogen (secondary N) is 2. The summed E-state index contributed by atoms with van der Waals surface area (Å²) in [5.74, 6) is 0.348. The molecule has 0 spiro atoms. The predicted molar refractivity (Wildman–Crippen MR) is 81.9 cm³/mol. The summed E-state index contributed by atoms with van der Waals surface area (Å²) in [4.78, 5) is 22.1. The van der Waals surface area contributed by atoms with E-state index in [0.29, 0.717) is 12.3 Å². The summed E-state index contributed by atoms with van der Waals surface area (Å²) in [6.45, 7) is 0.351. The van der Waals surface area contributed by atoms with Crippen molar-refractivity contribution >= 4 is 17.4 Å². The van der Waals surface area contributed by atoms with Crippen LogP contribution in [0.5, 0.6) is 5.75 Å². The second-order valence-electron chi connectivity index (χ2n) is 4.43. The summed E-state index contributed by atoms with van der Waals surface area (Å²) in [5, 5.41) is 16.0. The smallest absolute Gasteiger partial charge is 0.319 e. The zero-order valence-electron chi connectivity index (χ0n) is 11.9. The Bertz CT molecular complexity index is 674. The monoisotopic (exact) mass is 301 g/mol. The highest BCUT2D eigenvalue weighted by Crippen LogP contribution is 2.28. The molecule has 0 aliphatic carbocycles. The van der Waals surface area contributed by atoms with Gasteiger partial charge in [0.25, 0.3) is 5.69 Å². The highest BCUT2D eigenvalue weighted by molar-refractivity contribution is 5.91. The van der Waals surface area contributed by atoms with Gasteiger partial charge in [-0.1, -0.05) is 30.3 Å². The minimum Gasteiger partial charge on any atom is -0.495 e. The lowest BCUT2D eigenvalue weighted by atomic mass is 10.2. The molecule has 2 amide bonds. The van der Waals surface area contributed by atoms with Gasteiger partial charge in [0.15, 0.2) is 0 Å². The van der Waals surface area contributed by atoms with Crippen LogP contribution in [0, 0.1) is 10.1 Å². The molecule has 0 aliphatic rings. The third kappa shape index (κ3) is 3.95. The number of nitro benzene ring substituents is 1. The summed E-state index contributed by atoms with van der Waals surface area (Å²) >= 11 is 0. The molecule has 22 heavy (non-hydrogen) atoms. The molecule has 114 valence electrons. The minimum absolute atomic E-state index is 0.126. The fourth-order valence-corrected chi connectivity index (χ4v) is 1.85. The first-order valence-corrected chi connectivity index (χ1v) is 6.51. The number of amides is 2. The number of non-ortho nitro benzene ring substituents is 1. The van der Waals surface area contributed by atoms with Gasteiger partial charge < -0.3 is 15.4 Å². The molecule has 0 saturated carbocycles. The van der Waals surface area contributed by atoms with Gasteiger partial charge in [-0.2, -0.15) is 0 Å². The van der Waals surface area contributed by atoms with E-state index in [1.54, 1.807) is 0 Å². The first-order chi connectivity index (χ1) is 10.6. The average molecular weight is 301 g/mol. The van der Waals surface area contributed by atoms with Crippen LogP contribution in [-0.4, -0.2) is 18.1 Å². The Hall–Kier alpha value is -3.09. The summed E-state index contributed by atoms with van der Waals surface area (Å²) in [5.41, 5.74) is 1.06. The Morgan fingerprint density at radius 2 is 1.95 bits per heavy atom. The molecule has 0 bridgehead atoms. The van der Waals surface area contributed by atoms with E-state index in [4.69, 9.17) is 4.74 Å². The number of nitrogens with zero attached hydrogens (tertiary/aromatic N) is 1. The van der Waals surface area contributed by atoms with E-state index in [2.05, 4.69) is 10.6 Å². The van der Waals surface area contributed by atoms with Crippen molar-refractivity contribution in [1.29, 1.82) is 0 Å². The number of ether oxygens (including phenoxy) is 1. The van der Waals surface area contributed by atoms with Crippen LogP contribution in [0.2, 0.25) is 0 Å². The van der Waals surface area contributed by atoms with Crippen LogP contribution in [-0.2, 0) is 6.54 Å². The van der Waals surface area contributed by atoms with E-state index in [1.807, 2.05) is 30.3 Å². The molecule has 7 heteroatoms. The van der Waals surface area contributed by atoms with Crippen molar-refractivity contribution < 1.29 is 14.5 Å². The number of urea groups is 1. The molecular formula is C15H15N3O4. The van der Waals surface area contributed by atoms with Crippen molar-refractivity contribution in [2.45, 2.75) is 6.54 Å². The lowest BCUT2D eigenvalue weighted by molar-refractivity contribution is -0.384. The van der Waals surface area contributed by atoms with Crippen molar-refractivity contribution in [2.24, 2.45) is 0 Å². The van der Waals surface area contributed by atoms with Crippen molar-refractivity contribution in [3.05, 3.63) is 64.2 Å². The first kappa shape index (κ1) is 15.3. The van der Waals surface area contributed by atoms with Crippen LogP contribution in [0.1, 0.15) is 5.56 Å². The standard InChI is InChI=1S/C15H15N3O4/c1-22-14-8-7-12(18(20)21)9-13(14)17-15(19)16-10-11-5-3-2-4-6-11/h2-9H,10H2,1H3,(H2,16,17,19). The van der Waals surface area contributed by atoms with Gasteiger partial charge in [-0.05, 0) is 11.6 Å². The molecule has 0 aromatic heterocycles. The second kappa shape index (κ2) is 7.07. The maximum absolute atomic E-state index is 11.9. The largest absolute Gasteiger partial charge is 0.495 e. The van der Waals surface area contributed by atoms with Gasteiger partial charge in [-0.15, -0.1) is 0 Å². The topological polar surface area (TPSA) is 93.5 Å². The number of rotatable bonds is 5. The van der Waals surface area contributed by atoms with E-state index >= 15 is 0 Å². The molecule has 0 atom stereocenters. The fourth-order valence-electron chi connectivity index (χ4n) is 1.85. The van der Waals surface area contributed by atoms with Gasteiger partial charge in [0.05, 0.1) is 17.7 Å². The van der Waals surface area contributed by atoms with Gasteiger partial charge in [-0.3, -0.25) is 10.1 Å². The van der Waals surface area contributed by atoms with E-state index in [-0.39, 0.29) is 11.4 Å². The van der Waals surface area contributed by atoms with E-state index in [0.717, 1.165) is 5.56 Å². The second-order valence-corrected chi connectivity index (χ2v) is 4.43. The molecule has 0 heterocycles. The maximum atomic E-state index is 11.9. The molecule has 2 aromatic carbocycles. The lowest BCUT2D eigenvalue weighted by Gasteiger charge is -2.11. The molecule has 2 aromatic rings. The minimum atomic E-state index is -0.535. The van der Waals surface area contributed by atoms with Crippen molar-refractivity contribution in [2.75, 3.05) is 12.4 Å². The van der Waals surface area contributed by atoms with Crippen LogP contribution in [0.25, 0.3) is 0 Å². The van der Waals surface area contributed by atoms with Crippen LogP contribution < -0.4 is 15.4 Å². The van der Waals surface area contributed by atoms with Crippen molar-refractivity contribution in [3.63, 3.8) is 0 Å².